The van der Waals surface area contributed by atoms with Crippen LogP contribution in [0.3, 0.4) is 0 Å². The highest BCUT2D eigenvalue weighted by Crippen LogP contribution is 2.25. The van der Waals surface area contributed by atoms with Crippen LogP contribution >= 0.6 is 15.9 Å². The van der Waals surface area contributed by atoms with Gasteiger partial charge < -0.3 is 5.11 Å². The molecule has 0 aromatic heterocycles. The molecule has 0 spiro atoms. The highest BCUT2D eigenvalue weighted by molar-refractivity contribution is 9.10. The van der Waals surface area contributed by atoms with Crippen molar-refractivity contribution >= 4 is 31.9 Å². The third kappa shape index (κ3) is 4.27. The summed E-state index contributed by atoms with van der Waals surface area (Å²) in [6.07, 6.45) is 0. The molecule has 0 heterocycles. The molecule has 0 aliphatic rings. The van der Waals surface area contributed by atoms with Gasteiger partial charge >= 0.3 is 5.97 Å². The lowest BCUT2D eigenvalue weighted by Crippen LogP contribution is -2.33. The molecule has 112 valence electrons. The van der Waals surface area contributed by atoms with E-state index in [9.17, 15) is 13.2 Å². The number of carboxylic acids is 1. The van der Waals surface area contributed by atoms with Gasteiger partial charge in [0, 0.05) is 4.47 Å². The van der Waals surface area contributed by atoms with Crippen molar-refractivity contribution in [3.05, 3.63) is 27.7 Å². The van der Waals surface area contributed by atoms with Gasteiger partial charge in [-0.15, -0.1) is 0 Å². The average Bonchev–Trinajstić information content (AvgIpc) is 2.28. The second kappa shape index (κ2) is 5.80. The van der Waals surface area contributed by atoms with Crippen LogP contribution in [0.5, 0.6) is 0 Å². The minimum Gasteiger partial charge on any atom is -0.478 e. The summed E-state index contributed by atoms with van der Waals surface area (Å²) in [4.78, 5) is 17.9. The van der Waals surface area contributed by atoms with E-state index in [0.29, 0.717) is 10.0 Å². The van der Waals surface area contributed by atoms with Crippen molar-refractivity contribution in [2.45, 2.75) is 38.2 Å². The number of hydrogen-bond acceptors (Lipinski definition) is 4. The molecule has 0 atom stereocenters. The van der Waals surface area contributed by atoms with Gasteiger partial charge in [0.05, 0.1) is 16.1 Å². The number of hydrogen-bond donors (Lipinski definition) is 2. The highest BCUT2D eigenvalue weighted by atomic mass is 79.9. The van der Waals surface area contributed by atoms with Crippen LogP contribution in [-0.2, 0) is 14.9 Å². The van der Waals surface area contributed by atoms with E-state index in [1.54, 1.807) is 27.7 Å². The summed E-state index contributed by atoms with van der Waals surface area (Å²) in [5.41, 5.74) is -0.339. The Morgan fingerprint density at radius 2 is 1.90 bits per heavy atom. The van der Waals surface area contributed by atoms with Crippen LogP contribution in [0.25, 0.3) is 0 Å². The molecule has 0 aliphatic heterocycles. The molecule has 0 amide bonds. The van der Waals surface area contributed by atoms with Crippen LogP contribution in [0.4, 0.5) is 0 Å². The van der Waals surface area contributed by atoms with Crippen LogP contribution < -0.4 is 4.89 Å². The van der Waals surface area contributed by atoms with Crippen molar-refractivity contribution in [2.75, 3.05) is 0 Å². The first-order valence-electron chi connectivity index (χ1n) is 5.67. The fraction of sp³-hybridized carbons (Fsp3) is 0.417. The topological polar surface area (TPSA) is 92.7 Å². The molecule has 0 aliphatic carbocycles. The van der Waals surface area contributed by atoms with E-state index < -0.39 is 21.6 Å². The number of aromatic carboxylic acids is 1. The second-order valence-corrected chi connectivity index (χ2v) is 7.68. The lowest BCUT2D eigenvalue weighted by atomic mass is 10.1. The van der Waals surface area contributed by atoms with Gasteiger partial charge in [0.1, 0.15) is 0 Å². The minimum absolute atomic E-state index is 0.0875. The lowest BCUT2D eigenvalue weighted by molar-refractivity contribution is -0.0357. The predicted molar refractivity (Wildman–Crippen MR) is 77.0 cm³/mol. The first kappa shape index (κ1) is 17.1. The van der Waals surface area contributed by atoms with Gasteiger partial charge in [-0.2, -0.15) is 0 Å². The van der Waals surface area contributed by atoms with Crippen LogP contribution in [0.15, 0.2) is 21.5 Å². The zero-order chi connectivity index (χ0) is 15.7. The van der Waals surface area contributed by atoms with E-state index in [1.165, 1.54) is 6.07 Å². The number of halogens is 1. The molecule has 0 radical (unpaired) electrons. The van der Waals surface area contributed by atoms with E-state index >= 15 is 0 Å². The molecule has 0 saturated heterocycles. The van der Waals surface area contributed by atoms with Crippen LogP contribution in [0, 0.1) is 6.92 Å². The van der Waals surface area contributed by atoms with Crippen molar-refractivity contribution in [3.63, 3.8) is 0 Å². The van der Waals surface area contributed by atoms with Gasteiger partial charge in [-0.05, 0) is 45.4 Å². The summed E-state index contributed by atoms with van der Waals surface area (Å²) in [5, 5.41) is 9.07. The summed E-state index contributed by atoms with van der Waals surface area (Å²) >= 11 is 3.15. The molecule has 0 fully saturated rings. The number of nitrogens with one attached hydrogen (secondary N) is 1. The first-order valence-corrected chi connectivity index (χ1v) is 7.95. The molecule has 1 aromatic rings. The molecule has 6 nitrogen and oxygen atoms in total. The van der Waals surface area contributed by atoms with Crippen molar-refractivity contribution in [2.24, 2.45) is 0 Å². The van der Waals surface area contributed by atoms with E-state index in [0.717, 1.165) is 6.07 Å². The van der Waals surface area contributed by atoms with Gasteiger partial charge in [0.2, 0.25) is 0 Å². The maximum Gasteiger partial charge on any atom is 0.336 e. The molecule has 0 bridgehead atoms. The molecular weight excluding hydrogens is 350 g/mol. The van der Waals surface area contributed by atoms with Gasteiger partial charge in [-0.3, -0.25) is 4.84 Å². The summed E-state index contributed by atoms with van der Waals surface area (Å²) in [6.45, 7) is 6.64. The summed E-state index contributed by atoms with van der Waals surface area (Å²) in [7, 11) is -3.95. The number of sulfonamides is 1. The molecule has 20 heavy (non-hydrogen) atoms. The number of carbonyl (C=O) groups is 1. The molecular formula is C12H16BrNO5S. The molecule has 0 saturated carbocycles. The Hall–Kier alpha value is -0.960. The average molecular weight is 366 g/mol. The molecule has 1 aromatic carbocycles. The second-order valence-electron chi connectivity index (χ2n) is 5.18. The van der Waals surface area contributed by atoms with Gasteiger partial charge in [0.15, 0.2) is 0 Å². The van der Waals surface area contributed by atoms with Crippen molar-refractivity contribution in [3.8, 4) is 0 Å². The van der Waals surface area contributed by atoms with Crippen molar-refractivity contribution < 1.29 is 23.2 Å². The number of rotatable bonds is 4. The van der Waals surface area contributed by atoms with E-state index in [-0.39, 0.29) is 10.5 Å². The van der Waals surface area contributed by atoms with Crippen LogP contribution in [0.1, 0.15) is 36.7 Å². The third-order valence-electron chi connectivity index (χ3n) is 2.32. The first-order chi connectivity index (χ1) is 8.94. The summed E-state index contributed by atoms with van der Waals surface area (Å²) < 4.78 is 24.5. The smallest absolute Gasteiger partial charge is 0.336 e. The van der Waals surface area contributed by atoms with Gasteiger partial charge in [-0.25, -0.2) is 13.2 Å². The standard InChI is InChI=1S/C12H16BrNO5S/c1-7-9(11(15)16)5-8(6-10(7)13)20(17,18)14-19-12(2,3)4/h5-6,14H,1-4H3,(H,15,16). The highest BCUT2D eigenvalue weighted by Gasteiger charge is 2.22. The molecule has 2 N–H and O–H groups in total. The van der Waals surface area contributed by atoms with E-state index in [4.69, 9.17) is 9.94 Å². The zero-order valence-corrected chi connectivity index (χ0v) is 13.9. The van der Waals surface area contributed by atoms with Crippen molar-refractivity contribution in [1.29, 1.82) is 0 Å². The van der Waals surface area contributed by atoms with E-state index in [2.05, 4.69) is 15.9 Å². The normalized spacial score (nSPS) is 12.4. The Morgan fingerprint density at radius 1 is 1.35 bits per heavy atom. The van der Waals surface area contributed by atoms with Gasteiger partial charge in [0.25, 0.3) is 10.0 Å². The fourth-order valence-electron chi connectivity index (χ4n) is 1.26. The minimum atomic E-state index is -3.95. The van der Waals surface area contributed by atoms with E-state index in [1.807, 2.05) is 4.89 Å². The molecule has 8 heteroatoms. The maximum atomic E-state index is 12.1. The Labute approximate surface area is 126 Å². The monoisotopic (exact) mass is 365 g/mol. The fourth-order valence-corrected chi connectivity index (χ4v) is 2.87. The van der Waals surface area contributed by atoms with Crippen LogP contribution in [0.2, 0.25) is 0 Å². The number of carboxylic acid groups (broad SMARTS) is 1. The predicted octanol–water partition coefficient (Wildman–Crippen LogP) is 2.46. The summed E-state index contributed by atoms with van der Waals surface area (Å²) in [6, 6.07) is 2.42. The van der Waals surface area contributed by atoms with Gasteiger partial charge in [-0.1, -0.05) is 20.8 Å². The van der Waals surface area contributed by atoms with Crippen molar-refractivity contribution in [1.82, 2.24) is 4.89 Å². The lowest BCUT2D eigenvalue weighted by Gasteiger charge is -2.19. The SMILES string of the molecule is Cc1c(Br)cc(S(=O)(=O)NOC(C)(C)C)cc1C(=O)O. The third-order valence-corrected chi connectivity index (χ3v) is 4.30. The zero-order valence-electron chi connectivity index (χ0n) is 11.5. The molecule has 0 unspecified atom stereocenters. The Kier molecular flexibility index (Phi) is 4.96. The Morgan fingerprint density at radius 3 is 2.35 bits per heavy atom. The Bertz CT molecular complexity index is 634. The number of benzene rings is 1. The quantitative estimate of drug-likeness (QED) is 0.799. The Balaban J connectivity index is 3.23. The molecule has 1 rings (SSSR count). The van der Waals surface area contributed by atoms with Crippen LogP contribution in [-0.4, -0.2) is 25.1 Å². The maximum absolute atomic E-state index is 12.1. The largest absolute Gasteiger partial charge is 0.478 e. The summed E-state index contributed by atoms with van der Waals surface area (Å²) in [5.74, 6) is -1.20.